The molecule has 0 aliphatic carbocycles. The minimum absolute atomic E-state index is 0.0722. The third-order valence-corrected chi connectivity index (χ3v) is 3.88. The summed E-state index contributed by atoms with van der Waals surface area (Å²) in [6, 6.07) is 11.4. The van der Waals surface area contributed by atoms with Gasteiger partial charge in [-0.25, -0.2) is 0 Å². The van der Waals surface area contributed by atoms with Crippen LogP contribution in [0.3, 0.4) is 0 Å². The number of carbonyl (C=O) groups is 2. The molecule has 0 spiro atoms. The summed E-state index contributed by atoms with van der Waals surface area (Å²) in [5.74, 6) is -0.544. The van der Waals surface area contributed by atoms with Crippen LogP contribution in [0.1, 0.15) is 21.6 Å². The normalized spacial score (nSPS) is 10.8. The van der Waals surface area contributed by atoms with Gasteiger partial charge in [-0.05, 0) is 12.5 Å². The molecule has 124 valence electrons. The first kappa shape index (κ1) is 15.9. The van der Waals surface area contributed by atoms with Crippen LogP contribution in [-0.2, 0) is 18.4 Å². The fourth-order valence-electron chi connectivity index (χ4n) is 2.60. The Balaban J connectivity index is 1.53. The highest BCUT2D eigenvalue weighted by molar-refractivity contribution is 5.99. The summed E-state index contributed by atoms with van der Waals surface area (Å²) in [5.41, 5.74) is 4.10. The predicted molar refractivity (Wildman–Crippen MR) is 90.5 cm³/mol. The molecule has 2 aromatic heterocycles. The standard InChI is InChI=1S/C18H19N3O3/c1-12-4-3-5-13(8-12)10-19-17(22)11-20-18(23)15-9-16-14(21(15)2)6-7-24-16/h3-9H,10-11H2,1-2H3,(H,19,22)(H,20,23). The van der Waals surface area contributed by atoms with E-state index in [9.17, 15) is 9.59 Å². The number of furan rings is 1. The van der Waals surface area contributed by atoms with Gasteiger partial charge in [-0.15, -0.1) is 0 Å². The molecule has 0 radical (unpaired) electrons. The molecule has 0 saturated carbocycles. The van der Waals surface area contributed by atoms with Gasteiger partial charge in [0, 0.05) is 25.7 Å². The third kappa shape index (κ3) is 3.32. The van der Waals surface area contributed by atoms with Crippen molar-refractivity contribution in [2.45, 2.75) is 13.5 Å². The highest BCUT2D eigenvalue weighted by Crippen LogP contribution is 2.19. The molecule has 0 aliphatic heterocycles. The van der Waals surface area contributed by atoms with Crippen LogP contribution < -0.4 is 10.6 Å². The van der Waals surface area contributed by atoms with E-state index in [-0.39, 0.29) is 18.4 Å². The van der Waals surface area contributed by atoms with Crippen LogP contribution in [0.4, 0.5) is 0 Å². The molecule has 0 aliphatic rings. The molecule has 0 atom stereocenters. The second-order valence-corrected chi connectivity index (χ2v) is 5.71. The van der Waals surface area contributed by atoms with Gasteiger partial charge in [-0.2, -0.15) is 0 Å². The van der Waals surface area contributed by atoms with E-state index in [0.717, 1.165) is 16.6 Å². The maximum Gasteiger partial charge on any atom is 0.268 e. The van der Waals surface area contributed by atoms with E-state index in [4.69, 9.17) is 4.42 Å². The average molecular weight is 325 g/mol. The van der Waals surface area contributed by atoms with Gasteiger partial charge in [0.25, 0.3) is 5.91 Å². The van der Waals surface area contributed by atoms with Crippen molar-refractivity contribution in [3.05, 3.63) is 59.5 Å². The molecule has 6 nitrogen and oxygen atoms in total. The van der Waals surface area contributed by atoms with E-state index in [1.54, 1.807) is 30.0 Å². The number of fused-ring (bicyclic) bond motifs is 1. The Morgan fingerprint density at radius 2 is 2.00 bits per heavy atom. The summed E-state index contributed by atoms with van der Waals surface area (Å²) in [7, 11) is 1.78. The van der Waals surface area contributed by atoms with Crippen molar-refractivity contribution < 1.29 is 14.0 Å². The molecule has 3 rings (SSSR count). The summed E-state index contributed by atoms with van der Waals surface area (Å²) >= 11 is 0. The Bertz CT molecular complexity index is 892. The fourth-order valence-corrected chi connectivity index (χ4v) is 2.60. The molecule has 2 heterocycles. The fraction of sp³-hybridized carbons (Fsp3) is 0.222. The van der Waals surface area contributed by atoms with Gasteiger partial charge < -0.3 is 19.6 Å². The molecule has 2 N–H and O–H groups in total. The second-order valence-electron chi connectivity index (χ2n) is 5.71. The minimum Gasteiger partial charge on any atom is -0.463 e. The minimum atomic E-state index is -0.311. The number of amides is 2. The number of benzene rings is 1. The van der Waals surface area contributed by atoms with Crippen molar-refractivity contribution in [2.24, 2.45) is 7.05 Å². The largest absolute Gasteiger partial charge is 0.463 e. The number of hydrogen-bond donors (Lipinski definition) is 2. The van der Waals surface area contributed by atoms with E-state index in [0.29, 0.717) is 17.8 Å². The smallest absolute Gasteiger partial charge is 0.268 e. The maximum absolute atomic E-state index is 12.2. The van der Waals surface area contributed by atoms with Crippen LogP contribution in [0, 0.1) is 6.92 Å². The van der Waals surface area contributed by atoms with Crippen LogP contribution in [0.15, 0.2) is 47.1 Å². The molecule has 6 heteroatoms. The van der Waals surface area contributed by atoms with Gasteiger partial charge in [-0.3, -0.25) is 9.59 Å². The Morgan fingerprint density at radius 1 is 1.17 bits per heavy atom. The Kier molecular flexibility index (Phi) is 4.37. The van der Waals surface area contributed by atoms with E-state index in [2.05, 4.69) is 10.6 Å². The lowest BCUT2D eigenvalue weighted by molar-refractivity contribution is -0.120. The van der Waals surface area contributed by atoms with Gasteiger partial charge in [0.15, 0.2) is 5.58 Å². The van der Waals surface area contributed by atoms with Crippen molar-refractivity contribution in [1.29, 1.82) is 0 Å². The predicted octanol–water partition coefficient (Wildman–Crippen LogP) is 2.13. The molecular formula is C18H19N3O3. The van der Waals surface area contributed by atoms with Gasteiger partial charge >= 0.3 is 0 Å². The summed E-state index contributed by atoms with van der Waals surface area (Å²) in [4.78, 5) is 24.1. The molecular weight excluding hydrogens is 306 g/mol. The highest BCUT2D eigenvalue weighted by atomic mass is 16.3. The van der Waals surface area contributed by atoms with Gasteiger partial charge in [0.05, 0.1) is 18.3 Å². The number of rotatable bonds is 5. The number of carbonyl (C=O) groups excluding carboxylic acids is 2. The first-order valence-corrected chi connectivity index (χ1v) is 7.68. The summed E-state index contributed by atoms with van der Waals surface area (Å²) in [6.07, 6.45) is 1.57. The zero-order chi connectivity index (χ0) is 17.1. The van der Waals surface area contributed by atoms with Crippen molar-refractivity contribution in [2.75, 3.05) is 6.54 Å². The zero-order valence-corrected chi connectivity index (χ0v) is 13.6. The Labute approximate surface area is 139 Å². The monoisotopic (exact) mass is 325 g/mol. The lowest BCUT2D eigenvalue weighted by Crippen LogP contribution is -2.37. The summed E-state index contributed by atoms with van der Waals surface area (Å²) in [6.45, 7) is 2.37. The molecule has 0 bridgehead atoms. The lowest BCUT2D eigenvalue weighted by Gasteiger charge is -2.08. The van der Waals surface area contributed by atoms with Gasteiger partial charge in [0.2, 0.25) is 5.91 Å². The average Bonchev–Trinajstić information content (AvgIpc) is 3.14. The number of aryl methyl sites for hydroxylation is 2. The first-order chi connectivity index (χ1) is 11.5. The topological polar surface area (TPSA) is 76.3 Å². The zero-order valence-electron chi connectivity index (χ0n) is 13.6. The molecule has 0 fully saturated rings. The SMILES string of the molecule is Cc1cccc(CNC(=O)CNC(=O)c2cc3occc3n2C)c1. The van der Waals surface area contributed by atoms with Crippen LogP contribution >= 0.6 is 0 Å². The second kappa shape index (κ2) is 6.62. The van der Waals surface area contributed by atoms with Crippen LogP contribution in [0.25, 0.3) is 11.1 Å². The van der Waals surface area contributed by atoms with Crippen LogP contribution in [0.2, 0.25) is 0 Å². The summed E-state index contributed by atoms with van der Waals surface area (Å²) < 4.78 is 7.01. The highest BCUT2D eigenvalue weighted by Gasteiger charge is 2.15. The Hall–Kier alpha value is -3.02. The van der Waals surface area contributed by atoms with Crippen molar-refractivity contribution in [3.63, 3.8) is 0 Å². The van der Waals surface area contributed by atoms with Crippen molar-refractivity contribution >= 4 is 22.9 Å². The van der Waals surface area contributed by atoms with Crippen LogP contribution in [0.5, 0.6) is 0 Å². The van der Waals surface area contributed by atoms with E-state index in [1.165, 1.54) is 0 Å². The quantitative estimate of drug-likeness (QED) is 0.754. The van der Waals surface area contributed by atoms with E-state index >= 15 is 0 Å². The number of hydrogen-bond acceptors (Lipinski definition) is 3. The lowest BCUT2D eigenvalue weighted by atomic mass is 10.1. The van der Waals surface area contributed by atoms with Crippen molar-refractivity contribution in [3.8, 4) is 0 Å². The number of aromatic nitrogens is 1. The summed E-state index contributed by atoms with van der Waals surface area (Å²) in [5, 5.41) is 5.41. The maximum atomic E-state index is 12.2. The first-order valence-electron chi connectivity index (χ1n) is 7.68. The molecule has 0 saturated heterocycles. The number of nitrogens with zero attached hydrogens (tertiary/aromatic N) is 1. The third-order valence-electron chi connectivity index (χ3n) is 3.88. The van der Waals surface area contributed by atoms with E-state index in [1.807, 2.05) is 31.2 Å². The Morgan fingerprint density at radius 3 is 2.75 bits per heavy atom. The van der Waals surface area contributed by atoms with Gasteiger partial charge in [-0.1, -0.05) is 29.8 Å². The molecule has 24 heavy (non-hydrogen) atoms. The number of nitrogens with one attached hydrogen (secondary N) is 2. The van der Waals surface area contributed by atoms with E-state index < -0.39 is 0 Å². The molecule has 2 amide bonds. The van der Waals surface area contributed by atoms with Crippen LogP contribution in [-0.4, -0.2) is 22.9 Å². The molecule has 0 unspecified atom stereocenters. The van der Waals surface area contributed by atoms with Gasteiger partial charge in [0.1, 0.15) is 5.69 Å². The molecule has 1 aromatic carbocycles. The van der Waals surface area contributed by atoms with Crippen molar-refractivity contribution in [1.82, 2.24) is 15.2 Å². The molecule has 3 aromatic rings.